The van der Waals surface area contributed by atoms with Gasteiger partial charge < -0.3 is 14.8 Å². The van der Waals surface area contributed by atoms with Crippen molar-refractivity contribution in [3.05, 3.63) is 36.4 Å². The molecule has 4 nitrogen and oxygen atoms in total. The van der Waals surface area contributed by atoms with Crippen LogP contribution in [0, 0.1) is 0 Å². The summed E-state index contributed by atoms with van der Waals surface area (Å²) in [4.78, 5) is 10.8. The van der Waals surface area contributed by atoms with Crippen LogP contribution in [0.3, 0.4) is 0 Å². The summed E-state index contributed by atoms with van der Waals surface area (Å²) < 4.78 is 4.96. The number of hydrogen-bond acceptors (Lipinski definition) is 4. The topological polar surface area (TPSA) is 66.8 Å². The third-order valence-electron chi connectivity index (χ3n) is 2.40. The maximum absolute atomic E-state index is 10.8. The van der Waals surface area contributed by atoms with Gasteiger partial charge in [0.2, 0.25) is 0 Å². The second-order valence-electron chi connectivity index (χ2n) is 3.74. The minimum Gasteiger partial charge on any atom is -0.427 e. The lowest BCUT2D eigenvalue weighted by Gasteiger charge is -2.05. The first-order valence-electron chi connectivity index (χ1n) is 5.14. The number of hydrogen-bond donors (Lipinski definition) is 2. The Hall–Kier alpha value is -1.85. The summed E-state index contributed by atoms with van der Waals surface area (Å²) in [5.41, 5.74) is 0.428. The first-order chi connectivity index (χ1) is 8.06. The summed E-state index contributed by atoms with van der Waals surface area (Å²) >= 11 is 0. The Bertz CT molecular complexity index is 565. The average Bonchev–Trinajstić information content (AvgIpc) is 2.27. The van der Waals surface area contributed by atoms with Crippen molar-refractivity contribution in [2.24, 2.45) is 0 Å². The molecule has 0 aromatic heterocycles. The molecule has 0 amide bonds. The standard InChI is InChI=1S/C12H11BO4/c1-8(14)17-12-5-3-9-6-11(13(15)16)4-2-10(9)7-12/h2-7,15-16H,1H3. The summed E-state index contributed by atoms with van der Waals surface area (Å²) in [6.45, 7) is 1.34. The molecule has 0 saturated heterocycles. The molecular weight excluding hydrogens is 219 g/mol. The van der Waals surface area contributed by atoms with Crippen LogP contribution < -0.4 is 10.2 Å². The Morgan fingerprint density at radius 2 is 1.76 bits per heavy atom. The Morgan fingerprint density at radius 3 is 2.41 bits per heavy atom. The van der Waals surface area contributed by atoms with Gasteiger partial charge >= 0.3 is 13.1 Å². The van der Waals surface area contributed by atoms with Crippen LogP contribution in [0.25, 0.3) is 10.8 Å². The van der Waals surface area contributed by atoms with Crippen LogP contribution in [0.4, 0.5) is 0 Å². The molecule has 17 heavy (non-hydrogen) atoms. The Balaban J connectivity index is 2.43. The van der Waals surface area contributed by atoms with Gasteiger partial charge in [0.1, 0.15) is 5.75 Å². The fraction of sp³-hybridized carbons (Fsp3) is 0.0833. The van der Waals surface area contributed by atoms with E-state index in [0.29, 0.717) is 11.2 Å². The second kappa shape index (κ2) is 4.57. The second-order valence-corrected chi connectivity index (χ2v) is 3.74. The number of carbonyl (C=O) groups is 1. The number of rotatable bonds is 2. The molecule has 0 bridgehead atoms. The van der Waals surface area contributed by atoms with E-state index in [2.05, 4.69) is 0 Å². The Kier molecular flexibility index (Phi) is 3.13. The Labute approximate surface area is 98.6 Å². The van der Waals surface area contributed by atoms with E-state index in [4.69, 9.17) is 14.8 Å². The molecule has 0 spiro atoms. The van der Waals surface area contributed by atoms with E-state index in [1.54, 1.807) is 36.4 Å². The predicted octanol–water partition coefficient (Wildman–Crippen LogP) is 0.445. The number of ether oxygens (including phenoxy) is 1. The molecule has 0 aliphatic carbocycles. The van der Waals surface area contributed by atoms with Crippen molar-refractivity contribution in [1.82, 2.24) is 0 Å². The average molecular weight is 230 g/mol. The van der Waals surface area contributed by atoms with Crippen molar-refractivity contribution < 1.29 is 19.6 Å². The van der Waals surface area contributed by atoms with Crippen LogP contribution in [-0.4, -0.2) is 23.1 Å². The minimum absolute atomic E-state index is 0.369. The summed E-state index contributed by atoms with van der Waals surface area (Å²) in [7, 11) is -1.48. The number of benzene rings is 2. The van der Waals surface area contributed by atoms with Gasteiger partial charge in [-0.2, -0.15) is 0 Å². The fourth-order valence-corrected chi connectivity index (χ4v) is 1.63. The third kappa shape index (κ3) is 2.64. The van der Waals surface area contributed by atoms with E-state index in [1.807, 2.05) is 0 Å². The van der Waals surface area contributed by atoms with E-state index in [-0.39, 0.29) is 5.97 Å². The van der Waals surface area contributed by atoms with Gasteiger partial charge in [0.15, 0.2) is 0 Å². The maximum atomic E-state index is 10.8. The first-order valence-corrected chi connectivity index (χ1v) is 5.14. The maximum Gasteiger partial charge on any atom is 0.488 e. The molecule has 0 atom stereocenters. The molecule has 0 unspecified atom stereocenters. The SMILES string of the molecule is CC(=O)Oc1ccc2cc(B(O)O)ccc2c1. The molecule has 5 heteroatoms. The summed E-state index contributed by atoms with van der Waals surface area (Å²) in [6, 6.07) is 10.2. The van der Waals surface area contributed by atoms with Crippen LogP contribution >= 0.6 is 0 Å². The molecule has 0 heterocycles. The van der Waals surface area contributed by atoms with Gasteiger partial charge in [0.25, 0.3) is 0 Å². The van der Waals surface area contributed by atoms with Gasteiger partial charge in [-0.1, -0.05) is 24.3 Å². The molecule has 2 N–H and O–H groups in total. The lowest BCUT2D eigenvalue weighted by Crippen LogP contribution is -2.29. The third-order valence-corrected chi connectivity index (χ3v) is 2.40. The molecule has 0 fully saturated rings. The molecule has 0 saturated carbocycles. The Morgan fingerprint density at radius 1 is 1.12 bits per heavy atom. The zero-order valence-electron chi connectivity index (χ0n) is 9.25. The summed E-state index contributed by atoms with van der Waals surface area (Å²) in [5, 5.41) is 19.8. The van der Waals surface area contributed by atoms with Crippen LogP contribution in [0.2, 0.25) is 0 Å². The molecule has 86 valence electrons. The quantitative estimate of drug-likeness (QED) is 0.446. The highest BCUT2D eigenvalue weighted by Crippen LogP contribution is 2.20. The zero-order valence-corrected chi connectivity index (χ0v) is 9.25. The van der Waals surface area contributed by atoms with Crippen molar-refractivity contribution in [3.8, 4) is 5.75 Å². The largest absolute Gasteiger partial charge is 0.488 e. The monoisotopic (exact) mass is 230 g/mol. The van der Waals surface area contributed by atoms with Crippen LogP contribution in [-0.2, 0) is 4.79 Å². The van der Waals surface area contributed by atoms with Crippen molar-refractivity contribution in [2.75, 3.05) is 0 Å². The normalized spacial score (nSPS) is 10.3. The number of fused-ring (bicyclic) bond motifs is 1. The lowest BCUT2D eigenvalue weighted by molar-refractivity contribution is -0.131. The van der Waals surface area contributed by atoms with E-state index >= 15 is 0 Å². The highest BCUT2D eigenvalue weighted by Gasteiger charge is 2.11. The molecular formula is C12H11BO4. The molecule has 0 radical (unpaired) electrons. The van der Waals surface area contributed by atoms with E-state index in [9.17, 15) is 4.79 Å². The highest BCUT2D eigenvalue weighted by molar-refractivity contribution is 6.58. The molecule has 2 aromatic rings. The van der Waals surface area contributed by atoms with Gasteiger partial charge in [0.05, 0.1) is 0 Å². The van der Waals surface area contributed by atoms with Gasteiger partial charge in [-0.25, -0.2) is 0 Å². The minimum atomic E-state index is -1.48. The smallest absolute Gasteiger partial charge is 0.427 e. The van der Waals surface area contributed by atoms with E-state index < -0.39 is 7.12 Å². The van der Waals surface area contributed by atoms with Crippen molar-refractivity contribution in [1.29, 1.82) is 0 Å². The predicted molar refractivity (Wildman–Crippen MR) is 65.1 cm³/mol. The van der Waals surface area contributed by atoms with Crippen LogP contribution in [0.5, 0.6) is 5.75 Å². The fourth-order valence-electron chi connectivity index (χ4n) is 1.63. The molecule has 0 aliphatic rings. The van der Waals surface area contributed by atoms with Gasteiger partial charge in [-0.3, -0.25) is 4.79 Å². The summed E-state index contributed by atoms with van der Waals surface area (Å²) in [5.74, 6) is 0.106. The zero-order chi connectivity index (χ0) is 12.4. The van der Waals surface area contributed by atoms with Crippen molar-refractivity contribution in [2.45, 2.75) is 6.92 Å². The van der Waals surface area contributed by atoms with Gasteiger partial charge in [0, 0.05) is 6.92 Å². The number of esters is 1. The van der Waals surface area contributed by atoms with Crippen molar-refractivity contribution >= 4 is 29.3 Å². The summed E-state index contributed by atoms with van der Waals surface area (Å²) in [6.07, 6.45) is 0. The van der Waals surface area contributed by atoms with E-state index in [1.165, 1.54) is 6.92 Å². The van der Waals surface area contributed by atoms with Gasteiger partial charge in [-0.05, 0) is 28.4 Å². The van der Waals surface area contributed by atoms with Crippen molar-refractivity contribution in [3.63, 3.8) is 0 Å². The molecule has 2 rings (SSSR count). The highest BCUT2D eigenvalue weighted by atomic mass is 16.5. The van der Waals surface area contributed by atoms with Crippen LogP contribution in [0.15, 0.2) is 36.4 Å². The lowest BCUT2D eigenvalue weighted by atomic mass is 9.79. The molecule has 2 aromatic carbocycles. The number of carbonyl (C=O) groups excluding carboxylic acids is 1. The first kappa shape index (κ1) is 11.6. The van der Waals surface area contributed by atoms with Crippen LogP contribution in [0.1, 0.15) is 6.92 Å². The van der Waals surface area contributed by atoms with E-state index in [0.717, 1.165) is 10.8 Å². The molecule has 0 aliphatic heterocycles. The van der Waals surface area contributed by atoms with Gasteiger partial charge in [-0.15, -0.1) is 0 Å².